The molecule has 4 nitrogen and oxygen atoms in total. The number of hydrogen-bond acceptors (Lipinski definition) is 3. The van der Waals surface area contributed by atoms with Gasteiger partial charge < -0.3 is 15.0 Å². The fourth-order valence-corrected chi connectivity index (χ4v) is 3.00. The molecule has 0 spiro atoms. The van der Waals surface area contributed by atoms with E-state index in [1.165, 1.54) is 0 Å². The van der Waals surface area contributed by atoms with Crippen molar-refractivity contribution in [2.45, 2.75) is 12.5 Å². The molecule has 3 rings (SSSR count). The first-order valence-corrected chi connectivity index (χ1v) is 6.45. The molecule has 0 unspecified atom stereocenters. The molecular weight excluding hydrogens is 228 g/mol. The summed E-state index contributed by atoms with van der Waals surface area (Å²) in [5.41, 5.74) is 0.753. The van der Waals surface area contributed by atoms with Crippen molar-refractivity contribution in [3.05, 3.63) is 29.8 Å². The predicted octanol–water partition coefficient (Wildman–Crippen LogP) is 1.13. The number of fused-ring (bicyclic) bond motifs is 1. The maximum Gasteiger partial charge on any atom is 0.254 e. The Hall–Kier alpha value is -1.55. The first kappa shape index (κ1) is 11.5. The van der Waals surface area contributed by atoms with Crippen molar-refractivity contribution in [1.29, 1.82) is 0 Å². The molecule has 18 heavy (non-hydrogen) atoms. The van der Waals surface area contributed by atoms with Gasteiger partial charge in [-0.15, -0.1) is 0 Å². The lowest BCUT2D eigenvalue weighted by molar-refractivity contribution is 0.0737. The monoisotopic (exact) mass is 246 g/mol. The van der Waals surface area contributed by atoms with Crippen LogP contribution >= 0.6 is 0 Å². The van der Waals surface area contributed by atoms with Crippen LogP contribution in [-0.4, -0.2) is 43.6 Å². The van der Waals surface area contributed by atoms with Crippen molar-refractivity contribution in [2.24, 2.45) is 5.92 Å². The van der Waals surface area contributed by atoms with E-state index < -0.39 is 0 Å². The highest BCUT2D eigenvalue weighted by molar-refractivity contribution is 5.94. The number of carbonyl (C=O) groups excluding carboxylic acids is 1. The zero-order valence-electron chi connectivity index (χ0n) is 10.6. The number of methoxy groups -OCH3 is 1. The van der Waals surface area contributed by atoms with Gasteiger partial charge in [0.05, 0.1) is 7.11 Å². The molecule has 2 aliphatic heterocycles. The van der Waals surface area contributed by atoms with Gasteiger partial charge >= 0.3 is 0 Å². The van der Waals surface area contributed by atoms with Crippen molar-refractivity contribution in [3.63, 3.8) is 0 Å². The highest BCUT2D eigenvalue weighted by Crippen LogP contribution is 2.28. The summed E-state index contributed by atoms with van der Waals surface area (Å²) in [6, 6.07) is 7.76. The molecule has 0 aromatic heterocycles. The average Bonchev–Trinajstić information content (AvgIpc) is 3.00. The lowest BCUT2D eigenvalue weighted by atomic mass is 10.0. The van der Waals surface area contributed by atoms with E-state index in [2.05, 4.69) is 5.32 Å². The third kappa shape index (κ3) is 1.86. The Balaban J connectivity index is 1.77. The molecule has 0 saturated carbocycles. The Labute approximate surface area is 107 Å². The third-order valence-corrected chi connectivity index (χ3v) is 4.04. The van der Waals surface area contributed by atoms with E-state index in [9.17, 15) is 4.79 Å². The van der Waals surface area contributed by atoms with Gasteiger partial charge in [0.1, 0.15) is 5.75 Å². The summed E-state index contributed by atoms with van der Waals surface area (Å²) < 4.78 is 5.11. The third-order valence-electron chi connectivity index (χ3n) is 4.04. The quantitative estimate of drug-likeness (QED) is 0.850. The summed E-state index contributed by atoms with van der Waals surface area (Å²) in [5.74, 6) is 1.58. The summed E-state index contributed by atoms with van der Waals surface area (Å²) in [6.07, 6.45) is 1.12. The second-order valence-corrected chi connectivity index (χ2v) is 5.00. The van der Waals surface area contributed by atoms with Gasteiger partial charge in [-0.1, -0.05) is 0 Å². The molecular formula is C14H18N2O2. The number of nitrogens with one attached hydrogen (secondary N) is 1. The van der Waals surface area contributed by atoms with Crippen LogP contribution in [0.15, 0.2) is 24.3 Å². The molecule has 1 aromatic carbocycles. The lowest BCUT2D eigenvalue weighted by Gasteiger charge is -2.23. The van der Waals surface area contributed by atoms with Gasteiger partial charge in [-0.2, -0.15) is 0 Å². The van der Waals surface area contributed by atoms with Crippen LogP contribution in [0.2, 0.25) is 0 Å². The molecule has 2 aliphatic rings. The van der Waals surface area contributed by atoms with E-state index in [0.29, 0.717) is 12.0 Å². The van der Waals surface area contributed by atoms with E-state index in [-0.39, 0.29) is 5.91 Å². The molecule has 2 atom stereocenters. The summed E-state index contributed by atoms with van der Waals surface area (Å²) in [6.45, 7) is 2.88. The summed E-state index contributed by atoms with van der Waals surface area (Å²) in [4.78, 5) is 14.5. The number of rotatable bonds is 2. The van der Waals surface area contributed by atoms with Gasteiger partial charge in [-0.3, -0.25) is 4.79 Å². The van der Waals surface area contributed by atoms with Crippen LogP contribution in [0.25, 0.3) is 0 Å². The molecule has 0 bridgehead atoms. The number of hydrogen-bond donors (Lipinski definition) is 1. The Kier molecular flexibility index (Phi) is 2.96. The molecule has 1 N–H and O–H groups in total. The van der Waals surface area contributed by atoms with E-state index in [0.717, 1.165) is 37.4 Å². The largest absolute Gasteiger partial charge is 0.497 e. The SMILES string of the molecule is COc1ccc(C(=O)N2CC[C@H]3CNC[C@H]32)cc1. The zero-order valence-corrected chi connectivity index (χ0v) is 10.6. The second-order valence-electron chi connectivity index (χ2n) is 5.00. The van der Waals surface area contributed by atoms with E-state index in [1.807, 2.05) is 29.2 Å². The number of benzene rings is 1. The summed E-state index contributed by atoms with van der Waals surface area (Å²) in [5, 5.41) is 3.36. The summed E-state index contributed by atoms with van der Waals surface area (Å²) >= 11 is 0. The molecule has 4 heteroatoms. The van der Waals surface area contributed by atoms with Gasteiger partial charge in [0.25, 0.3) is 5.91 Å². The van der Waals surface area contributed by atoms with Crippen LogP contribution in [0.4, 0.5) is 0 Å². The number of nitrogens with zero attached hydrogens (tertiary/aromatic N) is 1. The Morgan fingerprint density at radius 3 is 2.83 bits per heavy atom. The van der Waals surface area contributed by atoms with Crippen LogP contribution in [0.5, 0.6) is 5.75 Å². The van der Waals surface area contributed by atoms with E-state index >= 15 is 0 Å². The Morgan fingerprint density at radius 1 is 1.33 bits per heavy atom. The number of amides is 1. The normalized spacial score (nSPS) is 26.2. The maximum atomic E-state index is 12.4. The van der Waals surface area contributed by atoms with Crippen LogP contribution in [0.1, 0.15) is 16.8 Å². The van der Waals surface area contributed by atoms with Crippen molar-refractivity contribution in [3.8, 4) is 5.75 Å². The zero-order chi connectivity index (χ0) is 12.5. The topological polar surface area (TPSA) is 41.6 Å². The van der Waals surface area contributed by atoms with Gasteiger partial charge in [-0.05, 0) is 36.6 Å². The van der Waals surface area contributed by atoms with Crippen molar-refractivity contribution in [1.82, 2.24) is 10.2 Å². The maximum absolute atomic E-state index is 12.4. The smallest absolute Gasteiger partial charge is 0.254 e. The number of likely N-dealkylation sites (tertiary alicyclic amines) is 1. The van der Waals surface area contributed by atoms with Gasteiger partial charge in [0.15, 0.2) is 0 Å². The lowest BCUT2D eigenvalue weighted by Crippen LogP contribution is -2.39. The molecule has 0 aliphatic carbocycles. The predicted molar refractivity (Wildman–Crippen MR) is 68.8 cm³/mol. The van der Waals surface area contributed by atoms with Gasteiger partial charge in [0, 0.05) is 31.2 Å². The van der Waals surface area contributed by atoms with E-state index in [1.54, 1.807) is 7.11 Å². The van der Waals surface area contributed by atoms with Crippen molar-refractivity contribution < 1.29 is 9.53 Å². The minimum absolute atomic E-state index is 0.147. The highest BCUT2D eigenvalue weighted by Gasteiger charge is 2.39. The minimum atomic E-state index is 0.147. The Bertz CT molecular complexity index is 444. The highest BCUT2D eigenvalue weighted by atomic mass is 16.5. The molecule has 2 heterocycles. The fraction of sp³-hybridized carbons (Fsp3) is 0.500. The molecule has 0 radical (unpaired) electrons. The molecule has 1 amide bonds. The number of ether oxygens (including phenoxy) is 1. The van der Waals surface area contributed by atoms with E-state index in [4.69, 9.17) is 4.74 Å². The fourth-order valence-electron chi connectivity index (χ4n) is 3.00. The summed E-state index contributed by atoms with van der Waals surface area (Å²) in [7, 11) is 1.63. The minimum Gasteiger partial charge on any atom is -0.497 e. The number of carbonyl (C=O) groups is 1. The van der Waals surface area contributed by atoms with Crippen LogP contribution in [0.3, 0.4) is 0 Å². The van der Waals surface area contributed by atoms with Crippen molar-refractivity contribution >= 4 is 5.91 Å². The standard InChI is InChI=1S/C14H18N2O2/c1-18-12-4-2-10(3-5-12)14(17)16-7-6-11-8-15-9-13(11)16/h2-5,11,13,15H,6-9H2,1H3/t11-,13+/m0/s1. The van der Waals surface area contributed by atoms with Crippen molar-refractivity contribution in [2.75, 3.05) is 26.7 Å². The first-order chi connectivity index (χ1) is 8.79. The second kappa shape index (κ2) is 4.61. The molecule has 96 valence electrons. The average molecular weight is 246 g/mol. The Morgan fingerprint density at radius 2 is 2.11 bits per heavy atom. The van der Waals surface area contributed by atoms with Gasteiger partial charge in [-0.25, -0.2) is 0 Å². The first-order valence-electron chi connectivity index (χ1n) is 6.45. The van der Waals surface area contributed by atoms with Crippen LogP contribution in [0, 0.1) is 5.92 Å². The molecule has 1 aromatic rings. The van der Waals surface area contributed by atoms with Gasteiger partial charge in [0.2, 0.25) is 0 Å². The molecule has 2 fully saturated rings. The molecule has 2 saturated heterocycles. The van der Waals surface area contributed by atoms with Crippen LogP contribution < -0.4 is 10.1 Å². The van der Waals surface area contributed by atoms with Crippen LogP contribution in [-0.2, 0) is 0 Å².